The predicted octanol–water partition coefficient (Wildman–Crippen LogP) is 0.705. The molecule has 58 heavy (non-hydrogen) atoms. The van der Waals surface area contributed by atoms with Crippen molar-refractivity contribution in [3.8, 4) is 0 Å². The van der Waals surface area contributed by atoms with Gasteiger partial charge in [-0.1, -0.05) is 12.1 Å². The van der Waals surface area contributed by atoms with Crippen LogP contribution in [0.4, 0.5) is 10.5 Å². The molecule has 0 radical (unpaired) electrons. The quantitative estimate of drug-likeness (QED) is 0.0369. The first-order valence-corrected chi connectivity index (χ1v) is 21.2. The largest absolute Gasteiger partial charge is 0.480 e. The second-order valence-electron chi connectivity index (χ2n) is 15.5. The SMILES string of the molecule is C=[N+](CCCCCC(=O)Nc1ccc(CC2CN(CC(=O)O)CCN(CC(=O)O)CCN(CC(=O)O)CCN2CC(=O)O)cc1)CCCCC1SCC2NC(=O)NC21. The maximum atomic E-state index is 12.8. The summed E-state index contributed by atoms with van der Waals surface area (Å²) in [5.41, 5.74) is 1.45. The number of carbonyl (C=O) groups excluding carboxylic acids is 2. The summed E-state index contributed by atoms with van der Waals surface area (Å²) in [6.45, 7) is 6.12. The Morgan fingerprint density at radius 2 is 1.31 bits per heavy atom. The number of carboxylic acids is 4. The Labute approximate surface area is 344 Å². The van der Waals surface area contributed by atoms with E-state index in [4.69, 9.17) is 0 Å². The topological polar surface area (TPSA) is 235 Å². The minimum absolute atomic E-state index is 0.0548. The number of urea groups is 1. The average Bonchev–Trinajstić information content (AvgIpc) is 3.70. The molecule has 0 spiro atoms. The van der Waals surface area contributed by atoms with E-state index in [0.717, 1.165) is 62.9 Å². The summed E-state index contributed by atoms with van der Waals surface area (Å²) < 4.78 is 2.09. The van der Waals surface area contributed by atoms with Gasteiger partial charge < -0.3 is 36.4 Å². The molecule has 7 N–H and O–H groups in total. The number of amides is 3. The van der Waals surface area contributed by atoms with E-state index in [0.29, 0.717) is 23.8 Å². The molecule has 19 heteroatoms. The Kier molecular flexibility index (Phi) is 19.2. The van der Waals surface area contributed by atoms with Gasteiger partial charge >= 0.3 is 29.9 Å². The van der Waals surface area contributed by atoms with Gasteiger partial charge in [0.15, 0.2) is 0 Å². The van der Waals surface area contributed by atoms with Crippen molar-refractivity contribution in [1.29, 1.82) is 0 Å². The summed E-state index contributed by atoms with van der Waals surface area (Å²) in [4.78, 5) is 78.2. The number of fused-ring (bicyclic) bond motifs is 1. The lowest BCUT2D eigenvalue weighted by Gasteiger charge is -2.37. The molecule has 1 aromatic carbocycles. The Hall–Kier alpha value is -4.30. The van der Waals surface area contributed by atoms with Gasteiger partial charge in [-0.2, -0.15) is 11.8 Å². The van der Waals surface area contributed by atoms with Gasteiger partial charge in [0.25, 0.3) is 0 Å². The van der Waals surface area contributed by atoms with Gasteiger partial charge in [-0.3, -0.25) is 43.6 Å². The predicted molar refractivity (Wildman–Crippen MR) is 219 cm³/mol. The van der Waals surface area contributed by atoms with Gasteiger partial charge in [0.2, 0.25) is 5.91 Å². The van der Waals surface area contributed by atoms with Crippen LogP contribution < -0.4 is 16.0 Å². The van der Waals surface area contributed by atoms with Crippen LogP contribution in [0.1, 0.15) is 50.5 Å². The molecule has 0 saturated carbocycles. The number of hydrogen-bond donors (Lipinski definition) is 7. The molecule has 4 atom stereocenters. The van der Waals surface area contributed by atoms with Crippen molar-refractivity contribution < 1.29 is 53.8 Å². The van der Waals surface area contributed by atoms with Crippen LogP contribution in [-0.2, 0) is 30.4 Å². The summed E-state index contributed by atoms with van der Waals surface area (Å²) in [5.74, 6) is -3.40. The third-order valence-electron chi connectivity index (χ3n) is 10.8. The molecule has 0 aliphatic carbocycles. The zero-order valence-corrected chi connectivity index (χ0v) is 34.1. The molecule has 3 aliphatic heterocycles. The lowest BCUT2D eigenvalue weighted by atomic mass is 10.0. The highest BCUT2D eigenvalue weighted by Crippen LogP contribution is 2.33. The van der Waals surface area contributed by atoms with Crippen LogP contribution in [0.2, 0.25) is 0 Å². The first-order chi connectivity index (χ1) is 27.7. The van der Waals surface area contributed by atoms with Gasteiger partial charge in [-0.15, -0.1) is 0 Å². The molecule has 3 amide bonds. The van der Waals surface area contributed by atoms with Crippen molar-refractivity contribution in [2.45, 2.75) is 74.7 Å². The van der Waals surface area contributed by atoms with E-state index >= 15 is 0 Å². The molecule has 0 aromatic heterocycles. The van der Waals surface area contributed by atoms with Gasteiger partial charge in [0.1, 0.15) is 19.8 Å². The Bertz CT molecular complexity index is 1570. The fourth-order valence-electron chi connectivity index (χ4n) is 7.81. The van der Waals surface area contributed by atoms with Crippen molar-refractivity contribution in [1.82, 2.24) is 30.2 Å². The highest BCUT2D eigenvalue weighted by molar-refractivity contribution is 8.00. The van der Waals surface area contributed by atoms with Crippen molar-refractivity contribution in [3.05, 3.63) is 29.8 Å². The normalized spacial score (nSPS) is 22.5. The van der Waals surface area contributed by atoms with Crippen molar-refractivity contribution in [2.24, 2.45) is 0 Å². The molecular formula is C39H61N8O10S+. The van der Waals surface area contributed by atoms with Gasteiger partial charge in [-0.25, -0.2) is 9.37 Å². The van der Waals surface area contributed by atoms with Crippen molar-refractivity contribution >= 4 is 60.0 Å². The second kappa shape index (κ2) is 23.9. The highest BCUT2D eigenvalue weighted by Gasteiger charge is 2.42. The number of carboxylic acid groups (broad SMARTS) is 4. The van der Waals surface area contributed by atoms with E-state index in [1.165, 1.54) is 0 Å². The van der Waals surface area contributed by atoms with Crippen LogP contribution in [0, 0.1) is 0 Å². The van der Waals surface area contributed by atoms with Gasteiger partial charge in [-0.05, 0) is 49.8 Å². The first-order valence-electron chi connectivity index (χ1n) is 20.1. The van der Waals surface area contributed by atoms with Crippen molar-refractivity contribution in [3.63, 3.8) is 0 Å². The summed E-state index contributed by atoms with van der Waals surface area (Å²) >= 11 is 1.93. The Morgan fingerprint density at radius 3 is 1.93 bits per heavy atom. The Balaban J connectivity index is 1.25. The van der Waals surface area contributed by atoms with Gasteiger partial charge in [0, 0.05) is 87.8 Å². The number of nitrogens with one attached hydrogen (secondary N) is 3. The molecule has 1 aromatic rings. The van der Waals surface area contributed by atoms with Crippen molar-refractivity contribution in [2.75, 3.05) is 96.2 Å². The zero-order valence-electron chi connectivity index (χ0n) is 33.3. The number of hydrogen-bond acceptors (Lipinski definition) is 11. The van der Waals surface area contributed by atoms with Gasteiger partial charge in [0.05, 0.1) is 38.3 Å². The number of aliphatic carboxylic acids is 4. The monoisotopic (exact) mass is 833 g/mol. The molecule has 322 valence electrons. The summed E-state index contributed by atoms with van der Waals surface area (Å²) in [6, 6.07) is 7.19. The molecular weight excluding hydrogens is 773 g/mol. The summed E-state index contributed by atoms with van der Waals surface area (Å²) in [5, 5.41) is 47.9. The minimum Gasteiger partial charge on any atom is -0.480 e. The zero-order chi connectivity index (χ0) is 42.0. The van der Waals surface area contributed by atoms with E-state index in [1.54, 1.807) is 31.7 Å². The van der Waals surface area contributed by atoms with Crippen LogP contribution in [0.15, 0.2) is 24.3 Å². The first kappa shape index (κ1) is 46.4. The maximum Gasteiger partial charge on any atom is 0.317 e. The average molecular weight is 834 g/mol. The third kappa shape index (κ3) is 16.9. The summed E-state index contributed by atoms with van der Waals surface area (Å²) in [7, 11) is 0. The Morgan fingerprint density at radius 1 is 0.741 bits per heavy atom. The van der Waals surface area contributed by atoms with Crippen LogP contribution in [0.25, 0.3) is 0 Å². The molecule has 3 heterocycles. The van der Waals surface area contributed by atoms with E-state index in [-0.39, 0.29) is 96.0 Å². The summed E-state index contributed by atoms with van der Waals surface area (Å²) in [6.07, 6.45) is 6.51. The van der Waals surface area contributed by atoms with E-state index in [9.17, 15) is 49.2 Å². The van der Waals surface area contributed by atoms with E-state index in [1.807, 2.05) is 23.9 Å². The number of rotatable bonds is 22. The molecule has 4 rings (SSSR count). The van der Waals surface area contributed by atoms with Crippen LogP contribution in [0.3, 0.4) is 0 Å². The lowest BCUT2D eigenvalue weighted by Crippen LogP contribution is -2.53. The third-order valence-corrected chi connectivity index (χ3v) is 12.3. The highest BCUT2D eigenvalue weighted by atomic mass is 32.2. The number of carbonyl (C=O) groups is 6. The molecule has 3 aliphatic rings. The minimum atomic E-state index is -1.08. The standard InChI is InChI=1S/C39H60N8O10S/c1-43(14-6-4-7-32-38-31(27-58-32)41-39(57)42-38)13-5-2-3-8-33(48)40-29-11-9-28(10-12-29)21-30-22-46(25-36(53)54)18-17-44(23-34(49)50)15-16-45(24-35(51)52)19-20-47(30)26-37(55)56/h9-12,30-32,38H,1-8,13-27H2,(H6-,40,41,42,48,49,50,51,52,53,54,55,56,57)/p+1. The fourth-order valence-corrected chi connectivity index (χ4v) is 9.35. The van der Waals surface area contributed by atoms with Crippen LogP contribution in [-0.4, -0.2) is 201 Å². The maximum absolute atomic E-state index is 12.8. The second-order valence-corrected chi connectivity index (χ2v) is 16.8. The number of anilines is 1. The molecule has 4 unspecified atom stereocenters. The molecule has 0 bridgehead atoms. The van der Waals surface area contributed by atoms with Crippen LogP contribution >= 0.6 is 11.8 Å². The number of benzene rings is 1. The van der Waals surface area contributed by atoms with Crippen LogP contribution in [0.5, 0.6) is 0 Å². The molecule has 3 saturated heterocycles. The number of unbranched alkanes of at least 4 members (excludes halogenated alkanes) is 3. The fraction of sp³-hybridized carbons (Fsp3) is 0.667. The van der Waals surface area contributed by atoms with E-state index < -0.39 is 29.9 Å². The molecule has 3 fully saturated rings. The lowest BCUT2D eigenvalue weighted by molar-refractivity contribution is -0.520. The molecule has 18 nitrogen and oxygen atoms in total. The smallest absolute Gasteiger partial charge is 0.317 e. The number of thioether (sulfide) groups is 1. The van der Waals surface area contributed by atoms with E-state index in [2.05, 4.69) is 27.2 Å². The number of nitrogens with zero attached hydrogens (tertiary/aromatic N) is 5.